The van der Waals surface area contributed by atoms with Gasteiger partial charge in [-0.1, -0.05) is 32.6 Å². The average Bonchev–Trinajstić information content (AvgIpc) is 2.39. The van der Waals surface area contributed by atoms with Crippen LogP contribution in [0.2, 0.25) is 0 Å². The summed E-state index contributed by atoms with van der Waals surface area (Å²) in [5.74, 6) is 0.870. The van der Waals surface area contributed by atoms with Crippen LogP contribution in [-0.4, -0.2) is 25.7 Å². The first kappa shape index (κ1) is 15.5. The van der Waals surface area contributed by atoms with E-state index in [1.807, 2.05) is 0 Å². The molecule has 0 heterocycles. The number of hydrogen-bond acceptors (Lipinski definition) is 2. The summed E-state index contributed by atoms with van der Waals surface area (Å²) in [7, 11) is 0. The Labute approximate surface area is 112 Å². The molecule has 0 aromatic heterocycles. The van der Waals surface area contributed by atoms with Gasteiger partial charge in [-0.2, -0.15) is 0 Å². The summed E-state index contributed by atoms with van der Waals surface area (Å²) in [6.07, 6.45) is 10.4. The summed E-state index contributed by atoms with van der Waals surface area (Å²) in [5, 5.41) is 3.00. The Bertz CT molecular complexity index is 213. The van der Waals surface area contributed by atoms with Crippen molar-refractivity contribution < 1.29 is 9.53 Å². The van der Waals surface area contributed by atoms with Gasteiger partial charge in [-0.05, 0) is 31.6 Å². The van der Waals surface area contributed by atoms with Crippen LogP contribution in [0.1, 0.15) is 64.7 Å². The second-order valence-corrected chi connectivity index (χ2v) is 5.38. The lowest BCUT2D eigenvalue weighted by molar-refractivity contribution is -0.122. The van der Waals surface area contributed by atoms with E-state index in [4.69, 9.17) is 4.74 Å². The van der Waals surface area contributed by atoms with Crippen molar-refractivity contribution in [1.29, 1.82) is 0 Å². The Balaban J connectivity index is 1.90. The summed E-state index contributed by atoms with van der Waals surface area (Å²) >= 11 is 0. The highest BCUT2D eigenvalue weighted by atomic mass is 16.5. The third-order valence-electron chi connectivity index (χ3n) is 3.63. The van der Waals surface area contributed by atoms with Crippen molar-refractivity contribution >= 4 is 5.91 Å². The predicted molar refractivity (Wildman–Crippen MR) is 74.5 cm³/mol. The molecule has 1 aliphatic carbocycles. The molecule has 0 spiro atoms. The molecule has 1 N–H and O–H groups in total. The van der Waals surface area contributed by atoms with Crippen LogP contribution >= 0.6 is 0 Å². The minimum atomic E-state index is 0.232. The maximum atomic E-state index is 11.7. The molecule has 1 aliphatic rings. The molecule has 1 fully saturated rings. The maximum Gasteiger partial charge on any atom is 0.220 e. The fourth-order valence-electron chi connectivity index (χ4n) is 2.48. The molecule has 106 valence electrons. The van der Waals surface area contributed by atoms with E-state index in [9.17, 15) is 4.79 Å². The number of carbonyl (C=O) groups excluding carboxylic acids is 1. The lowest BCUT2D eigenvalue weighted by Crippen LogP contribution is -2.27. The maximum absolute atomic E-state index is 11.7. The van der Waals surface area contributed by atoms with Crippen LogP contribution in [0.15, 0.2) is 0 Å². The first-order chi connectivity index (χ1) is 8.83. The Morgan fingerprint density at radius 1 is 1.17 bits per heavy atom. The lowest BCUT2D eigenvalue weighted by Gasteiger charge is -2.20. The van der Waals surface area contributed by atoms with Gasteiger partial charge in [-0.3, -0.25) is 4.79 Å². The highest BCUT2D eigenvalue weighted by Gasteiger charge is 2.16. The van der Waals surface area contributed by atoms with Gasteiger partial charge in [0.15, 0.2) is 0 Å². The minimum absolute atomic E-state index is 0.232. The first-order valence-electron chi connectivity index (χ1n) is 7.67. The van der Waals surface area contributed by atoms with Crippen molar-refractivity contribution in [3.63, 3.8) is 0 Å². The molecule has 1 saturated carbocycles. The molecule has 18 heavy (non-hydrogen) atoms. The second kappa shape index (κ2) is 10.4. The third-order valence-corrected chi connectivity index (χ3v) is 3.63. The van der Waals surface area contributed by atoms with Gasteiger partial charge in [-0.15, -0.1) is 0 Å². The molecule has 0 aromatic rings. The molecule has 1 rings (SSSR count). The summed E-state index contributed by atoms with van der Waals surface area (Å²) in [4.78, 5) is 11.7. The molecule has 3 heteroatoms. The van der Waals surface area contributed by atoms with Crippen molar-refractivity contribution in [3.8, 4) is 0 Å². The van der Waals surface area contributed by atoms with Crippen molar-refractivity contribution in [2.75, 3.05) is 19.8 Å². The molecule has 0 atom stereocenters. The number of carbonyl (C=O) groups is 1. The predicted octanol–water partition coefficient (Wildman–Crippen LogP) is 3.28. The van der Waals surface area contributed by atoms with Gasteiger partial charge >= 0.3 is 0 Å². The summed E-state index contributed by atoms with van der Waals surface area (Å²) in [6, 6.07) is 0. The highest BCUT2D eigenvalue weighted by molar-refractivity contribution is 5.76. The fraction of sp³-hybridized carbons (Fsp3) is 0.933. The normalized spacial score (nSPS) is 16.7. The minimum Gasteiger partial charge on any atom is -0.381 e. The van der Waals surface area contributed by atoms with Crippen LogP contribution < -0.4 is 5.32 Å². The van der Waals surface area contributed by atoms with Crippen LogP contribution in [0.3, 0.4) is 0 Å². The smallest absolute Gasteiger partial charge is 0.220 e. The van der Waals surface area contributed by atoms with Gasteiger partial charge in [0.1, 0.15) is 0 Å². The zero-order chi connectivity index (χ0) is 13.1. The molecule has 1 amide bonds. The van der Waals surface area contributed by atoms with E-state index in [1.165, 1.54) is 38.5 Å². The molecule has 0 aliphatic heterocycles. The number of ether oxygens (including phenoxy) is 1. The van der Waals surface area contributed by atoms with Crippen LogP contribution in [0.5, 0.6) is 0 Å². The molecule has 3 nitrogen and oxygen atoms in total. The van der Waals surface area contributed by atoms with Gasteiger partial charge < -0.3 is 10.1 Å². The standard InChI is InChI=1S/C15H29NO2/c1-2-3-11-18-12-7-10-16-15(17)13-14-8-5-4-6-9-14/h14H,2-13H2,1H3,(H,16,17). The van der Waals surface area contributed by atoms with E-state index in [0.717, 1.165) is 39.0 Å². The molecular weight excluding hydrogens is 226 g/mol. The van der Waals surface area contributed by atoms with Crippen molar-refractivity contribution in [3.05, 3.63) is 0 Å². The Morgan fingerprint density at radius 3 is 2.61 bits per heavy atom. The van der Waals surface area contributed by atoms with E-state index >= 15 is 0 Å². The summed E-state index contributed by atoms with van der Waals surface area (Å²) in [6.45, 7) is 4.54. The number of unbranched alkanes of at least 4 members (excludes halogenated alkanes) is 1. The zero-order valence-corrected chi connectivity index (χ0v) is 11.9. The average molecular weight is 255 g/mol. The topological polar surface area (TPSA) is 38.3 Å². The SMILES string of the molecule is CCCCOCCCNC(=O)CC1CCCCC1. The largest absolute Gasteiger partial charge is 0.381 e. The van der Waals surface area contributed by atoms with E-state index in [2.05, 4.69) is 12.2 Å². The zero-order valence-electron chi connectivity index (χ0n) is 11.9. The van der Waals surface area contributed by atoms with Gasteiger partial charge in [0, 0.05) is 26.2 Å². The molecule has 0 bridgehead atoms. The van der Waals surface area contributed by atoms with Crippen LogP contribution in [-0.2, 0) is 9.53 Å². The summed E-state index contributed by atoms with van der Waals surface area (Å²) in [5.41, 5.74) is 0. The third kappa shape index (κ3) is 7.70. The molecular formula is C15H29NO2. The number of nitrogens with one attached hydrogen (secondary N) is 1. The van der Waals surface area contributed by atoms with Crippen LogP contribution in [0.25, 0.3) is 0 Å². The Kier molecular flexibility index (Phi) is 8.92. The van der Waals surface area contributed by atoms with Crippen molar-refractivity contribution in [2.45, 2.75) is 64.7 Å². The molecule has 0 radical (unpaired) electrons. The Hall–Kier alpha value is -0.570. The van der Waals surface area contributed by atoms with Gasteiger partial charge in [0.05, 0.1) is 0 Å². The van der Waals surface area contributed by atoms with Gasteiger partial charge in [0.2, 0.25) is 5.91 Å². The van der Waals surface area contributed by atoms with Crippen LogP contribution in [0, 0.1) is 5.92 Å². The monoisotopic (exact) mass is 255 g/mol. The van der Waals surface area contributed by atoms with E-state index in [0.29, 0.717) is 5.92 Å². The highest BCUT2D eigenvalue weighted by Crippen LogP contribution is 2.25. The molecule has 0 aromatic carbocycles. The quantitative estimate of drug-likeness (QED) is 0.642. The molecule has 0 unspecified atom stereocenters. The number of rotatable bonds is 9. The van der Waals surface area contributed by atoms with Crippen molar-refractivity contribution in [1.82, 2.24) is 5.32 Å². The Morgan fingerprint density at radius 2 is 1.89 bits per heavy atom. The second-order valence-electron chi connectivity index (χ2n) is 5.38. The van der Waals surface area contributed by atoms with E-state index < -0.39 is 0 Å². The first-order valence-corrected chi connectivity index (χ1v) is 7.67. The number of amides is 1. The van der Waals surface area contributed by atoms with Gasteiger partial charge in [0.25, 0.3) is 0 Å². The summed E-state index contributed by atoms with van der Waals surface area (Å²) < 4.78 is 5.45. The van der Waals surface area contributed by atoms with E-state index in [1.54, 1.807) is 0 Å². The van der Waals surface area contributed by atoms with Crippen molar-refractivity contribution in [2.24, 2.45) is 5.92 Å². The lowest BCUT2D eigenvalue weighted by atomic mass is 9.87. The van der Waals surface area contributed by atoms with Crippen LogP contribution in [0.4, 0.5) is 0 Å². The molecule has 0 saturated heterocycles. The fourth-order valence-corrected chi connectivity index (χ4v) is 2.48. The number of hydrogen-bond donors (Lipinski definition) is 1. The van der Waals surface area contributed by atoms with E-state index in [-0.39, 0.29) is 5.91 Å². The van der Waals surface area contributed by atoms with Gasteiger partial charge in [-0.25, -0.2) is 0 Å².